The molecule has 3 nitrogen and oxygen atoms in total. The van der Waals surface area contributed by atoms with Gasteiger partial charge in [-0.25, -0.2) is 0 Å². The van der Waals surface area contributed by atoms with Crippen LogP contribution < -0.4 is 5.32 Å². The van der Waals surface area contributed by atoms with Crippen molar-refractivity contribution < 1.29 is 4.42 Å². The van der Waals surface area contributed by atoms with Crippen LogP contribution >= 0.6 is 0 Å². The van der Waals surface area contributed by atoms with Gasteiger partial charge in [-0.2, -0.15) is 0 Å². The average Bonchev–Trinajstić information content (AvgIpc) is 2.81. The Kier molecular flexibility index (Phi) is 3.21. The molecule has 2 bridgehead atoms. The van der Waals surface area contributed by atoms with E-state index in [1.807, 2.05) is 6.07 Å². The molecule has 2 aliphatic rings. The number of fused-ring (bicyclic) bond motifs is 2. The molecule has 2 unspecified atom stereocenters. The van der Waals surface area contributed by atoms with E-state index in [1.165, 1.54) is 32.1 Å². The fourth-order valence-corrected chi connectivity index (χ4v) is 3.55. The third kappa shape index (κ3) is 2.26. The molecule has 1 aromatic rings. The molecule has 0 aliphatic carbocycles. The molecule has 0 aromatic carbocycles. The second-order valence-corrected chi connectivity index (χ2v) is 5.45. The highest BCUT2D eigenvalue weighted by Gasteiger charge is 2.37. The predicted molar refractivity (Wildman–Crippen MR) is 67.8 cm³/mol. The van der Waals surface area contributed by atoms with Gasteiger partial charge in [0.2, 0.25) is 0 Å². The fraction of sp³-hybridized carbons (Fsp3) is 0.714. The van der Waals surface area contributed by atoms with Crippen LogP contribution in [0.4, 0.5) is 0 Å². The van der Waals surface area contributed by atoms with Gasteiger partial charge in [0.05, 0.1) is 12.8 Å². The minimum absolute atomic E-state index is 0.721. The smallest absolute Gasteiger partial charge is 0.117 e. The predicted octanol–water partition coefficient (Wildman–Crippen LogP) is 2.38. The molecule has 2 fully saturated rings. The molecule has 94 valence electrons. The van der Waals surface area contributed by atoms with Gasteiger partial charge in [0, 0.05) is 18.1 Å². The van der Waals surface area contributed by atoms with Crippen molar-refractivity contribution in [3.8, 4) is 0 Å². The third-order valence-corrected chi connectivity index (χ3v) is 4.45. The first kappa shape index (κ1) is 11.3. The molecule has 0 saturated carbocycles. The maximum Gasteiger partial charge on any atom is 0.117 e. The summed E-state index contributed by atoms with van der Waals surface area (Å²) in [6.07, 6.45) is 8.50. The molecule has 0 radical (unpaired) electrons. The molecular formula is C14H22N2O. The lowest BCUT2D eigenvalue weighted by Gasteiger charge is -2.48. The maximum absolute atomic E-state index is 5.50. The van der Waals surface area contributed by atoms with Gasteiger partial charge in [0.25, 0.3) is 0 Å². The quantitative estimate of drug-likeness (QED) is 0.870. The van der Waals surface area contributed by atoms with Gasteiger partial charge in [-0.1, -0.05) is 6.42 Å². The Morgan fingerprint density at radius 1 is 1.35 bits per heavy atom. The second kappa shape index (κ2) is 4.83. The zero-order chi connectivity index (χ0) is 11.7. The molecule has 1 aromatic heterocycles. The van der Waals surface area contributed by atoms with Crippen LogP contribution in [0.1, 0.15) is 37.9 Å². The van der Waals surface area contributed by atoms with E-state index >= 15 is 0 Å². The second-order valence-electron chi connectivity index (χ2n) is 5.45. The number of piperidine rings is 2. The van der Waals surface area contributed by atoms with Crippen LogP contribution in [0.3, 0.4) is 0 Å². The van der Waals surface area contributed by atoms with Crippen molar-refractivity contribution in [3.63, 3.8) is 0 Å². The van der Waals surface area contributed by atoms with Crippen LogP contribution in [0.25, 0.3) is 0 Å². The monoisotopic (exact) mass is 234 g/mol. The van der Waals surface area contributed by atoms with E-state index in [4.69, 9.17) is 4.42 Å². The number of hydrogen-bond donors (Lipinski definition) is 1. The minimum atomic E-state index is 0.721. The summed E-state index contributed by atoms with van der Waals surface area (Å²) in [6.45, 7) is 0.999. The van der Waals surface area contributed by atoms with E-state index in [0.29, 0.717) is 0 Å². The Bertz CT molecular complexity index is 335. The van der Waals surface area contributed by atoms with Crippen LogP contribution in [0.2, 0.25) is 0 Å². The molecule has 1 N–H and O–H groups in total. The highest BCUT2D eigenvalue weighted by Crippen LogP contribution is 2.35. The lowest BCUT2D eigenvalue weighted by molar-refractivity contribution is 0.0141. The van der Waals surface area contributed by atoms with Crippen LogP contribution in [0.5, 0.6) is 0 Å². The van der Waals surface area contributed by atoms with Crippen LogP contribution in [-0.2, 0) is 6.54 Å². The van der Waals surface area contributed by atoms with E-state index in [1.54, 1.807) is 6.26 Å². The molecular weight excluding hydrogens is 212 g/mol. The van der Waals surface area contributed by atoms with Crippen molar-refractivity contribution in [3.05, 3.63) is 24.2 Å². The standard InChI is InChI=1S/C14H22N2O/c1-15-11-8-12-4-2-5-13(9-11)16(12)10-14-6-3-7-17-14/h3,6-7,11-13,15H,2,4-5,8-10H2,1H3. The first-order chi connectivity index (χ1) is 8.36. The fourth-order valence-electron chi connectivity index (χ4n) is 3.55. The Balaban J connectivity index is 1.71. The van der Waals surface area contributed by atoms with Gasteiger partial charge < -0.3 is 9.73 Å². The van der Waals surface area contributed by atoms with Crippen LogP contribution in [0.15, 0.2) is 22.8 Å². The van der Waals surface area contributed by atoms with Gasteiger partial charge in [-0.3, -0.25) is 4.90 Å². The summed E-state index contributed by atoms with van der Waals surface area (Å²) in [4.78, 5) is 2.68. The van der Waals surface area contributed by atoms with Crippen molar-refractivity contribution in [2.75, 3.05) is 7.05 Å². The topological polar surface area (TPSA) is 28.4 Å². The van der Waals surface area contributed by atoms with Crippen molar-refractivity contribution in [2.24, 2.45) is 0 Å². The summed E-state index contributed by atoms with van der Waals surface area (Å²) < 4.78 is 5.50. The van der Waals surface area contributed by atoms with Crippen molar-refractivity contribution in [1.29, 1.82) is 0 Å². The Morgan fingerprint density at radius 2 is 2.12 bits per heavy atom. The molecule has 2 aliphatic heterocycles. The third-order valence-electron chi connectivity index (χ3n) is 4.45. The highest BCUT2D eigenvalue weighted by atomic mass is 16.3. The zero-order valence-electron chi connectivity index (χ0n) is 10.6. The van der Waals surface area contributed by atoms with Crippen molar-refractivity contribution in [2.45, 2.75) is 56.8 Å². The van der Waals surface area contributed by atoms with Crippen molar-refractivity contribution >= 4 is 0 Å². The van der Waals surface area contributed by atoms with Gasteiger partial charge in [-0.05, 0) is 44.9 Å². The molecule has 2 saturated heterocycles. The summed E-state index contributed by atoms with van der Waals surface area (Å²) in [5.41, 5.74) is 0. The van der Waals surface area contributed by atoms with E-state index in [2.05, 4.69) is 23.3 Å². The lowest BCUT2D eigenvalue weighted by Crippen LogP contribution is -2.55. The largest absolute Gasteiger partial charge is 0.468 e. The number of nitrogens with zero attached hydrogens (tertiary/aromatic N) is 1. The molecule has 0 amide bonds. The van der Waals surface area contributed by atoms with E-state index < -0.39 is 0 Å². The Labute approximate surface area is 103 Å². The number of hydrogen-bond acceptors (Lipinski definition) is 3. The lowest BCUT2D eigenvalue weighted by atomic mass is 9.81. The van der Waals surface area contributed by atoms with Crippen molar-refractivity contribution in [1.82, 2.24) is 10.2 Å². The average molecular weight is 234 g/mol. The van der Waals surface area contributed by atoms with E-state index in [-0.39, 0.29) is 0 Å². The zero-order valence-corrected chi connectivity index (χ0v) is 10.6. The van der Waals surface area contributed by atoms with Crippen LogP contribution in [-0.4, -0.2) is 30.1 Å². The van der Waals surface area contributed by atoms with E-state index in [9.17, 15) is 0 Å². The Morgan fingerprint density at radius 3 is 2.71 bits per heavy atom. The van der Waals surface area contributed by atoms with Gasteiger partial charge in [0.1, 0.15) is 5.76 Å². The molecule has 3 heteroatoms. The Hall–Kier alpha value is -0.800. The summed E-state index contributed by atoms with van der Waals surface area (Å²) in [7, 11) is 2.10. The summed E-state index contributed by atoms with van der Waals surface area (Å²) in [5, 5.41) is 3.46. The van der Waals surface area contributed by atoms with Gasteiger partial charge >= 0.3 is 0 Å². The first-order valence-electron chi connectivity index (χ1n) is 6.82. The SMILES string of the molecule is CNC1CC2CCCC(C1)N2Cc1ccco1. The minimum Gasteiger partial charge on any atom is -0.468 e. The molecule has 2 atom stereocenters. The molecule has 3 rings (SSSR count). The molecule has 17 heavy (non-hydrogen) atoms. The number of furan rings is 1. The van der Waals surface area contributed by atoms with Crippen LogP contribution in [0, 0.1) is 0 Å². The van der Waals surface area contributed by atoms with Gasteiger partial charge in [0.15, 0.2) is 0 Å². The summed E-state index contributed by atoms with van der Waals surface area (Å²) >= 11 is 0. The summed E-state index contributed by atoms with van der Waals surface area (Å²) in [5.74, 6) is 1.12. The summed E-state index contributed by atoms with van der Waals surface area (Å²) in [6, 6.07) is 6.32. The van der Waals surface area contributed by atoms with Gasteiger partial charge in [-0.15, -0.1) is 0 Å². The maximum atomic E-state index is 5.50. The number of rotatable bonds is 3. The molecule has 0 spiro atoms. The highest BCUT2D eigenvalue weighted by molar-refractivity contribution is 5.02. The van der Waals surface area contributed by atoms with E-state index in [0.717, 1.165) is 30.4 Å². The normalized spacial score (nSPS) is 33.8. The molecule has 3 heterocycles. The number of nitrogens with one attached hydrogen (secondary N) is 1. The first-order valence-corrected chi connectivity index (χ1v) is 6.82.